The summed E-state index contributed by atoms with van der Waals surface area (Å²) in [6.45, 7) is 2.03. The fourth-order valence-electron chi connectivity index (χ4n) is 1.98. The van der Waals surface area contributed by atoms with Crippen LogP contribution in [-0.4, -0.2) is 12.2 Å². The summed E-state index contributed by atoms with van der Waals surface area (Å²) in [4.78, 5) is 0. The van der Waals surface area contributed by atoms with Crippen LogP contribution < -0.4 is 4.74 Å². The fraction of sp³-hybridized carbons (Fsp3) is 0.250. The molecule has 0 aromatic heterocycles. The molecule has 0 heterocycles. The maximum absolute atomic E-state index is 10.2. The van der Waals surface area contributed by atoms with Crippen LogP contribution in [0.5, 0.6) is 5.75 Å². The zero-order valence-corrected chi connectivity index (χ0v) is 10.8. The number of hydrogen-bond acceptors (Lipinski definition) is 2. The first-order valence-electron chi connectivity index (χ1n) is 6.06. The predicted octanol–water partition coefficient (Wildman–Crippen LogP) is 3.28. The summed E-state index contributed by atoms with van der Waals surface area (Å²) in [5.41, 5.74) is 3.23. The van der Waals surface area contributed by atoms with Gasteiger partial charge in [0.1, 0.15) is 5.75 Å². The Kier molecular flexibility index (Phi) is 4.00. The molecule has 18 heavy (non-hydrogen) atoms. The van der Waals surface area contributed by atoms with E-state index >= 15 is 0 Å². The van der Waals surface area contributed by atoms with Crippen molar-refractivity contribution in [3.05, 3.63) is 65.2 Å². The average Bonchev–Trinajstić information content (AvgIpc) is 2.39. The van der Waals surface area contributed by atoms with Gasteiger partial charge in [0.25, 0.3) is 0 Å². The summed E-state index contributed by atoms with van der Waals surface area (Å²) in [7, 11) is 1.65. The van der Waals surface area contributed by atoms with Crippen LogP contribution >= 0.6 is 0 Å². The lowest BCUT2D eigenvalue weighted by molar-refractivity contribution is 0.178. The first kappa shape index (κ1) is 12.7. The van der Waals surface area contributed by atoms with Gasteiger partial charge in [0.2, 0.25) is 0 Å². The summed E-state index contributed by atoms with van der Waals surface area (Å²) in [5, 5.41) is 10.2. The molecule has 2 nitrogen and oxygen atoms in total. The van der Waals surface area contributed by atoms with Gasteiger partial charge in [-0.1, -0.05) is 42.0 Å². The molecule has 0 aliphatic heterocycles. The van der Waals surface area contributed by atoms with Crippen molar-refractivity contribution >= 4 is 0 Å². The van der Waals surface area contributed by atoms with Crippen molar-refractivity contribution in [2.75, 3.05) is 7.11 Å². The predicted molar refractivity (Wildman–Crippen MR) is 72.8 cm³/mol. The van der Waals surface area contributed by atoms with E-state index in [9.17, 15) is 5.11 Å². The van der Waals surface area contributed by atoms with Crippen molar-refractivity contribution in [2.24, 2.45) is 0 Å². The Morgan fingerprint density at radius 2 is 1.83 bits per heavy atom. The molecule has 0 fully saturated rings. The quantitative estimate of drug-likeness (QED) is 0.891. The smallest absolute Gasteiger partial charge is 0.118 e. The first-order valence-corrected chi connectivity index (χ1v) is 6.06. The van der Waals surface area contributed by atoms with Crippen molar-refractivity contribution in [3.63, 3.8) is 0 Å². The number of aliphatic hydroxyl groups excluding tert-OH is 1. The maximum Gasteiger partial charge on any atom is 0.118 e. The van der Waals surface area contributed by atoms with Crippen LogP contribution in [0, 0.1) is 6.92 Å². The molecule has 0 saturated carbocycles. The molecule has 0 spiro atoms. The Morgan fingerprint density at radius 1 is 1.11 bits per heavy atom. The lowest BCUT2D eigenvalue weighted by Crippen LogP contribution is -2.02. The highest BCUT2D eigenvalue weighted by molar-refractivity contribution is 5.30. The molecule has 2 aromatic rings. The van der Waals surface area contributed by atoms with Crippen LogP contribution in [0.1, 0.15) is 22.8 Å². The summed E-state index contributed by atoms with van der Waals surface area (Å²) < 4.78 is 5.11. The van der Waals surface area contributed by atoms with E-state index in [0.717, 1.165) is 16.9 Å². The molecule has 1 unspecified atom stereocenters. The Labute approximate surface area is 108 Å². The van der Waals surface area contributed by atoms with Gasteiger partial charge in [0.05, 0.1) is 13.2 Å². The highest BCUT2D eigenvalue weighted by atomic mass is 16.5. The van der Waals surface area contributed by atoms with E-state index in [2.05, 4.69) is 0 Å². The molecule has 2 aromatic carbocycles. The van der Waals surface area contributed by atoms with Gasteiger partial charge in [-0.3, -0.25) is 0 Å². The molecular weight excluding hydrogens is 224 g/mol. The van der Waals surface area contributed by atoms with Crippen LogP contribution in [0.15, 0.2) is 48.5 Å². The maximum atomic E-state index is 10.2. The lowest BCUT2D eigenvalue weighted by Gasteiger charge is -2.12. The zero-order chi connectivity index (χ0) is 13.0. The molecule has 1 N–H and O–H groups in total. The second kappa shape index (κ2) is 5.69. The third-order valence-electron chi connectivity index (χ3n) is 3.02. The second-order valence-corrected chi connectivity index (χ2v) is 4.48. The molecule has 2 rings (SSSR count). The molecule has 0 aliphatic carbocycles. The van der Waals surface area contributed by atoms with Gasteiger partial charge >= 0.3 is 0 Å². The normalized spacial score (nSPS) is 12.2. The lowest BCUT2D eigenvalue weighted by atomic mass is 10.00. The summed E-state index contributed by atoms with van der Waals surface area (Å²) in [6.07, 6.45) is 0.159. The zero-order valence-electron chi connectivity index (χ0n) is 10.8. The molecule has 0 amide bonds. The van der Waals surface area contributed by atoms with Crippen molar-refractivity contribution in [3.8, 4) is 5.75 Å². The Morgan fingerprint density at radius 3 is 2.44 bits per heavy atom. The van der Waals surface area contributed by atoms with E-state index in [-0.39, 0.29) is 0 Å². The van der Waals surface area contributed by atoms with Gasteiger partial charge < -0.3 is 9.84 Å². The molecule has 0 radical (unpaired) electrons. The van der Waals surface area contributed by atoms with E-state index in [1.54, 1.807) is 7.11 Å². The van der Waals surface area contributed by atoms with Gasteiger partial charge in [0, 0.05) is 6.42 Å². The highest BCUT2D eigenvalue weighted by Gasteiger charge is 2.08. The van der Waals surface area contributed by atoms with Gasteiger partial charge in [-0.2, -0.15) is 0 Å². The SMILES string of the molecule is COc1ccc(CC(O)c2cccc(C)c2)cc1. The average molecular weight is 242 g/mol. The Bertz CT molecular complexity index is 503. The molecular formula is C16H18O2. The van der Waals surface area contributed by atoms with Crippen molar-refractivity contribution in [1.82, 2.24) is 0 Å². The number of rotatable bonds is 4. The molecule has 0 bridgehead atoms. The number of methoxy groups -OCH3 is 1. The number of aryl methyl sites for hydroxylation is 1. The van der Waals surface area contributed by atoms with Crippen LogP contribution in [-0.2, 0) is 6.42 Å². The minimum Gasteiger partial charge on any atom is -0.497 e. The molecule has 94 valence electrons. The molecule has 2 heteroatoms. The van der Waals surface area contributed by atoms with E-state index in [1.165, 1.54) is 5.56 Å². The fourth-order valence-corrected chi connectivity index (χ4v) is 1.98. The number of benzene rings is 2. The van der Waals surface area contributed by atoms with Gasteiger partial charge in [0.15, 0.2) is 0 Å². The van der Waals surface area contributed by atoms with E-state index in [0.29, 0.717) is 6.42 Å². The number of hydrogen-bond donors (Lipinski definition) is 1. The third kappa shape index (κ3) is 3.11. The Balaban J connectivity index is 2.08. The second-order valence-electron chi connectivity index (χ2n) is 4.48. The standard InChI is InChI=1S/C16H18O2/c1-12-4-3-5-14(10-12)16(17)11-13-6-8-15(18-2)9-7-13/h3-10,16-17H,11H2,1-2H3. The van der Waals surface area contributed by atoms with Gasteiger partial charge in [-0.05, 0) is 30.2 Å². The minimum atomic E-state index is -0.460. The van der Waals surface area contributed by atoms with Crippen molar-refractivity contribution < 1.29 is 9.84 Å². The van der Waals surface area contributed by atoms with Crippen LogP contribution in [0.3, 0.4) is 0 Å². The van der Waals surface area contributed by atoms with Crippen LogP contribution in [0.4, 0.5) is 0 Å². The van der Waals surface area contributed by atoms with Gasteiger partial charge in [-0.15, -0.1) is 0 Å². The first-order chi connectivity index (χ1) is 8.69. The van der Waals surface area contributed by atoms with E-state index in [1.807, 2.05) is 55.5 Å². The number of ether oxygens (including phenoxy) is 1. The monoisotopic (exact) mass is 242 g/mol. The largest absolute Gasteiger partial charge is 0.497 e. The van der Waals surface area contributed by atoms with Gasteiger partial charge in [-0.25, -0.2) is 0 Å². The van der Waals surface area contributed by atoms with Crippen molar-refractivity contribution in [1.29, 1.82) is 0 Å². The summed E-state index contributed by atoms with van der Waals surface area (Å²) >= 11 is 0. The van der Waals surface area contributed by atoms with E-state index in [4.69, 9.17) is 4.74 Å². The van der Waals surface area contributed by atoms with Crippen molar-refractivity contribution in [2.45, 2.75) is 19.4 Å². The van der Waals surface area contributed by atoms with Crippen LogP contribution in [0.2, 0.25) is 0 Å². The number of aliphatic hydroxyl groups is 1. The summed E-state index contributed by atoms with van der Waals surface area (Å²) in [5.74, 6) is 0.837. The molecule has 0 saturated heterocycles. The highest BCUT2D eigenvalue weighted by Crippen LogP contribution is 2.20. The summed E-state index contributed by atoms with van der Waals surface area (Å²) in [6, 6.07) is 15.8. The third-order valence-corrected chi connectivity index (χ3v) is 3.02. The topological polar surface area (TPSA) is 29.5 Å². The minimum absolute atomic E-state index is 0.460. The van der Waals surface area contributed by atoms with Crippen LogP contribution in [0.25, 0.3) is 0 Å². The molecule has 0 aliphatic rings. The van der Waals surface area contributed by atoms with E-state index < -0.39 is 6.10 Å². The Hall–Kier alpha value is -1.80. The molecule has 1 atom stereocenters.